The smallest absolute Gasteiger partial charge is 0.137 e. The molecule has 1 atom stereocenters. The van der Waals surface area contributed by atoms with Crippen LogP contribution >= 0.6 is 0 Å². The third-order valence-electron chi connectivity index (χ3n) is 27.0. The molecule has 11 aromatic heterocycles. The molecule has 0 fully saturated rings. The molecule has 1 aliphatic carbocycles. The predicted octanol–water partition coefficient (Wildman–Crippen LogP) is 30.9. The van der Waals surface area contributed by atoms with Gasteiger partial charge >= 0.3 is 0 Å². The van der Waals surface area contributed by atoms with Crippen LogP contribution in [0.1, 0.15) is 24.4 Å². The SMILES string of the molecule is C1=CCC(n2ccc3c2ccc2c4ccccc4n(-c4ccc(C5=NCCC=C5)cc4)c23)C=C1.c1ccc(-c2ccc(-n3c4ccccc4c4ccc5c(ccn5-c5ccccc5)c43)cn2)cc1.c1ccc(-c2ccc(-n3c4ccccc4c4ccc5c(ccn5-c5ccccc5)c43)nc2)cc1.c1ccc(-n2ccc3c2ccc2c4ccccc4n(-c4ccc(-c5cccnc5)cc4)c23)cc1. The number of para-hydroxylation sites is 7. The van der Waals surface area contributed by atoms with Crippen LogP contribution in [0.15, 0.2) is 497 Å². The Labute approximate surface area is 784 Å². The minimum atomic E-state index is 0.362. The molecule has 0 amide bonds. The van der Waals surface area contributed by atoms with E-state index < -0.39 is 0 Å². The van der Waals surface area contributed by atoms with Crippen molar-refractivity contribution in [1.29, 1.82) is 0 Å². The van der Waals surface area contributed by atoms with E-state index in [0.717, 1.165) is 87.1 Å². The summed E-state index contributed by atoms with van der Waals surface area (Å²) < 4.78 is 18.7. The minimum Gasteiger partial charge on any atom is -0.340 e. The summed E-state index contributed by atoms with van der Waals surface area (Å²) in [6.07, 6.45) is 31.7. The van der Waals surface area contributed by atoms with Crippen LogP contribution in [-0.2, 0) is 0 Å². The first kappa shape index (κ1) is 80.1. The molecule has 28 rings (SSSR count). The summed E-state index contributed by atoms with van der Waals surface area (Å²) in [4.78, 5) is 18.7. The predicted molar refractivity (Wildman–Crippen MR) is 566 cm³/mol. The van der Waals surface area contributed by atoms with Crippen LogP contribution in [-0.4, -0.2) is 63.7 Å². The molecule has 0 saturated carbocycles. The van der Waals surface area contributed by atoms with Crippen molar-refractivity contribution in [3.63, 3.8) is 0 Å². The van der Waals surface area contributed by atoms with Gasteiger partial charge in [0.1, 0.15) is 5.82 Å². The highest BCUT2D eigenvalue weighted by molar-refractivity contribution is 6.22. The van der Waals surface area contributed by atoms with Crippen LogP contribution < -0.4 is 0 Å². The molecule has 1 unspecified atom stereocenters. The highest BCUT2D eigenvalue weighted by Gasteiger charge is 2.25. The Kier molecular flexibility index (Phi) is 20.2. The number of benzene rings is 15. The van der Waals surface area contributed by atoms with Crippen LogP contribution in [0, 0.1) is 0 Å². The normalized spacial score (nSPS) is 13.1. The van der Waals surface area contributed by atoms with Crippen molar-refractivity contribution in [1.82, 2.24) is 51.5 Å². The van der Waals surface area contributed by atoms with E-state index in [1.807, 2.05) is 55.1 Å². The number of dihydropyridines is 1. The molecular weight excluding hydrogens is 1660 g/mol. The van der Waals surface area contributed by atoms with Gasteiger partial charge in [0.2, 0.25) is 0 Å². The van der Waals surface area contributed by atoms with Gasteiger partial charge in [0, 0.05) is 154 Å². The van der Waals surface area contributed by atoms with E-state index in [4.69, 9.17) is 15.0 Å². The Morgan fingerprint density at radius 2 is 0.647 bits per heavy atom. The Morgan fingerprint density at radius 3 is 1.10 bits per heavy atom. The lowest BCUT2D eigenvalue weighted by atomic mass is 10.1. The summed E-state index contributed by atoms with van der Waals surface area (Å²) in [6, 6.07) is 145. The molecule has 26 aromatic rings. The Hall–Kier alpha value is -18.0. The molecule has 644 valence electrons. The average molecular weight is 1750 g/mol. The lowest BCUT2D eigenvalue weighted by Gasteiger charge is -2.17. The van der Waals surface area contributed by atoms with Gasteiger partial charge in [0.25, 0.3) is 0 Å². The third-order valence-corrected chi connectivity index (χ3v) is 27.0. The van der Waals surface area contributed by atoms with Gasteiger partial charge in [-0.05, 0) is 205 Å². The molecule has 12 heteroatoms. The lowest BCUT2D eigenvalue weighted by Crippen LogP contribution is -2.05. The average Bonchev–Trinajstić information content (AvgIpc) is 1.58. The van der Waals surface area contributed by atoms with E-state index in [0.29, 0.717) is 6.04 Å². The first-order chi connectivity index (χ1) is 67.5. The van der Waals surface area contributed by atoms with Crippen LogP contribution in [0.4, 0.5) is 0 Å². The number of nitrogens with zero attached hydrogens (tertiary/aromatic N) is 12. The molecular formula is C124H88N12. The first-order valence-electron chi connectivity index (χ1n) is 46.5. The van der Waals surface area contributed by atoms with Crippen molar-refractivity contribution < 1.29 is 0 Å². The van der Waals surface area contributed by atoms with Crippen molar-refractivity contribution in [2.45, 2.75) is 18.9 Å². The molecule has 136 heavy (non-hydrogen) atoms. The molecule has 15 aromatic carbocycles. The molecule has 0 saturated heterocycles. The van der Waals surface area contributed by atoms with E-state index in [1.54, 1.807) is 0 Å². The summed E-state index contributed by atoms with van der Waals surface area (Å²) in [6.45, 7) is 0.876. The standard InChI is InChI=1S/2C31H21N3.C31H25N3.C31H21N3/c1-3-9-22(10-4-1)23-15-18-30(32-21-23)34-29-14-8-7-13-25(29)26-16-17-28-27(31(26)34)19-20-33(28)24-11-5-2-6-12-24;1-3-9-22(10-4-1)28-17-15-24(21-32-28)34-30-14-8-7-13-25(30)26-16-18-29-27(31(26)34)19-20-33(29)23-11-5-2-6-12-23;1-2-8-23(9-3-1)33-21-19-27-29(33)18-17-26-25-10-4-5-12-30(25)34(31(26)27)24-15-13-22(14-16-24)28-11-6-7-20-32-28;1-2-8-24(9-3-1)33-20-18-28-29(33)17-16-27-26-10-4-5-11-30(26)34(31(27)28)25-14-12-22(13-15-25)23-7-6-19-32-21-23/h2*1-21H;1-6,8,10-19,21,23H,7,9,20H2;1-21H. The lowest BCUT2D eigenvalue weighted by molar-refractivity contribution is 0.629. The number of rotatable bonds is 12. The summed E-state index contributed by atoms with van der Waals surface area (Å²) in [5.41, 5.74) is 30.4. The van der Waals surface area contributed by atoms with E-state index >= 15 is 0 Å². The number of fused-ring (bicyclic) bond motifs is 20. The Morgan fingerprint density at radius 1 is 0.243 bits per heavy atom. The second kappa shape index (κ2) is 34.4. The summed E-state index contributed by atoms with van der Waals surface area (Å²) in [5.74, 6) is 0.922. The second-order valence-electron chi connectivity index (χ2n) is 34.7. The zero-order chi connectivity index (χ0) is 89.9. The van der Waals surface area contributed by atoms with Crippen molar-refractivity contribution in [2.75, 3.05) is 6.54 Å². The third kappa shape index (κ3) is 14.1. The summed E-state index contributed by atoms with van der Waals surface area (Å²) in [7, 11) is 0. The highest BCUT2D eigenvalue weighted by Crippen LogP contribution is 2.45. The van der Waals surface area contributed by atoms with Crippen LogP contribution in [0.3, 0.4) is 0 Å². The molecule has 12 heterocycles. The van der Waals surface area contributed by atoms with E-state index in [1.165, 1.54) is 148 Å². The van der Waals surface area contributed by atoms with Gasteiger partial charge in [-0.15, -0.1) is 0 Å². The van der Waals surface area contributed by atoms with Crippen molar-refractivity contribution in [3.8, 4) is 73.5 Å². The summed E-state index contributed by atoms with van der Waals surface area (Å²) >= 11 is 0. The molecule has 0 N–H and O–H groups in total. The fraction of sp³-hybridized carbons (Fsp3) is 0.0323. The molecule has 0 radical (unpaired) electrons. The summed E-state index contributed by atoms with van der Waals surface area (Å²) in [5, 5.41) is 15.1. The van der Waals surface area contributed by atoms with Crippen molar-refractivity contribution >= 4 is 137 Å². The maximum absolute atomic E-state index is 4.93. The van der Waals surface area contributed by atoms with Crippen LogP contribution in [0.5, 0.6) is 0 Å². The fourth-order valence-electron chi connectivity index (χ4n) is 20.7. The number of aliphatic imine (C=N–C) groups is 1. The first-order valence-corrected chi connectivity index (χ1v) is 46.5. The molecule has 12 nitrogen and oxygen atoms in total. The van der Waals surface area contributed by atoms with E-state index in [-0.39, 0.29) is 0 Å². The van der Waals surface area contributed by atoms with Gasteiger partial charge < -0.3 is 32.0 Å². The zero-order valence-electron chi connectivity index (χ0n) is 74.3. The maximum atomic E-state index is 4.93. The number of pyridine rings is 3. The Balaban J connectivity index is 0.0000000965. The van der Waals surface area contributed by atoms with E-state index in [2.05, 4.69) is 479 Å². The van der Waals surface area contributed by atoms with Crippen molar-refractivity contribution in [2.24, 2.45) is 4.99 Å². The fourth-order valence-corrected chi connectivity index (χ4v) is 20.7. The largest absolute Gasteiger partial charge is 0.340 e. The second-order valence-corrected chi connectivity index (χ2v) is 34.7. The molecule has 2 aliphatic rings. The molecule has 0 bridgehead atoms. The van der Waals surface area contributed by atoms with Crippen molar-refractivity contribution in [3.05, 3.63) is 498 Å². The Bertz CT molecular complexity index is 8480. The van der Waals surface area contributed by atoms with Gasteiger partial charge in [0.15, 0.2) is 0 Å². The number of hydrogen-bond donors (Lipinski definition) is 0. The van der Waals surface area contributed by atoms with Gasteiger partial charge in [0.05, 0.1) is 95.5 Å². The number of hydrogen-bond acceptors (Lipinski definition) is 4. The minimum absolute atomic E-state index is 0.362. The van der Waals surface area contributed by atoms with Gasteiger partial charge in [-0.25, -0.2) is 4.98 Å². The van der Waals surface area contributed by atoms with Gasteiger partial charge in [-0.1, -0.05) is 273 Å². The molecule has 1 aliphatic heterocycles. The topological polar surface area (TPSA) is 90.5 Å². The monoisotopic (exact) mass is 1740 g/mol. The van der Waals surface area contributed by atoms with E-state index in [9.17, 15) is 0 Å². The van der Waals surface area contributed by atoms with Crippen LogP contribution in [0.2, 0.25) is 0 Å². The number of allylic oxidation sites excluding steroid dienone is 5. The van der Waals surface area contributed by atoms with Crippen LogP contribution in [0.25, 0.3) is 204 Å². The quantitative estimate of drug-likeness (QED) is 0.122. The number of aromatic nitrogens is 11. The van der Waals surface area contributed by atoms with Gasteiger partial charge in [-0.2, -0.15) is 0 Å². The maximum Gasteiger partial charge on any atom is 0.137 e. The zero-order valence-corrected chi connectivity index (χ0v) is 74.3. The highest BCUT2D eigenvalue weighted by atomic mass is 15.1. The van der Waals surface area contributed by atoms with Gasteiger partial charge in [-0.3, -0.25) is 19.5 Å². The molecule has 0 spiro atoms.